The molecule has 3 atom stereocenters. The van der Waals surface area contributed by atoms with Crippen LogP contribution < -0.4 is 5.32 Å². The fourth-order valence-corrected chi connectivity index (χ4v) is 2.54. The highest BCUT2D eigenvalue weighted by Crippen LogP contribution is 2.25. The molecule has 1 heterocycles. The van der Waals surface area contributed by atoms with Gasteiger partial charge < -0.3 is 10.1 Å². The number of rotatable bonds is 4. The van der Waals surface area contributed by atoms with Crippen molar-refractivity contribution >= 4 is 0 Å². The highest BCUT2D eigenvalue weighted by Gasteiger charge is 2.31. The summed E-state index contributed by atoms with van der Waals surface area (Å²) in [6, 6.07) is 3.79. The minimum Gasteiger partial charge on any atom is -0.376 e. The Hall–Kier alpha value is -1.00. The standard InChI is InChI=1S/C14H19F2NO/c1-9-5-6-18-14(9)13(17-2)7-10-3-4-11(15)8-12(10)16/h3-4,8-9,13-14,17H,5-7H2,1-2H3. The zero-order valence-electron chi connectivity index (χ0n) is 10.7. The van der Waals surface area contributed by atoms with Gasteiger partial charge in [-0.15, -0.1) is 0 Å². The van der Waals surface area contributed by atoms with Crippen molar-refractivity contribution in [2.45, 2.75) is 31.9 Å². The van der Waals surface area contributed by atoms with E-state index < -0.39 is 11.6 Å². The van der Waals surface area contributed by atoms with Gasteiger partial charge in [-0.05, 0) is 37.4 Å². The van der Waals surface area contributed by atoms with E-state index in [1.807, 2.05) is 7.05 Å². The lowest BCUT2D eigenvalue weighted by Gasteiger charge is -2.26. The first-order valence-electron chi connectivity index (χ1n) is 6.34. The van der Waals surface area contributed by atoms with Gasteiger partial charge in [-0.25, -0.2) is 8.78 Å². The van der Waals surface area contributed by atoms with E-state index in [1.165, 1.54) is 12.1 Å². The van der Waals surface area contributed by atoms with E-state index in [2.05, 4.69) is 12.2 Å². The van der Waals surface area contributed by atoms with Crippen LogP contribution in [0.15, 0.2) is 18.2 Å². The molecule has 0 spiro atoms. The molecular weight excluding hydrogens is 236 g/mol. The van der Waals surface area contributed by atoms with Gasteiger partial charge in [0.05, 0.1) is 6.10 Å². The van der Waals surface area contributed by atoms with Gasteiger partial charge >= 0.3 is 0 Å². The second kappa shape index (κ2) is 5.76. The average molecular weight is 255 g/mol. The zero-order valence-corrected chi connectivity index (χ0v) is 10.7. The highest BCUT2D eigenvalue weighted by molar-refractivity contribution is 5.20. The predicted octanol–water partition coefficient (Wildman–Crippen LogP) is 2.52. The molecule has 1 aliphatic heterocycles. The Bertz CT molecular complexity index is 411. The molecule has 4 heteroatoms. The summed E-state index contributed by atoms with van der Waals surface area (Å²) in [5.41, 5.74) is 0.526. The SMILES string of the molecule is CNC(Cc1ccc(F)cc1F)C1OCCC1C. The Morgan fingerprint density at radius 1 is 1.44 bits per heavy atom. The molecule has 2 rings (SSSR count). The number of hydrogen-bond acceptors (Lipinski definition) is 2. The second-order valence-electron chi connectivity index (χ2n) is 4.94. The van der Waals surface area contributed by atoms with Gasteiger partial charge in [-0.2, -0.15) is 0 Å². The molecule has 1 aliphatic rings. The molecule has 0 amide bonds. The van der Waals surface area contributed by atoms with Crippen molar-refractivity contribution < 1.29 is 13.5 Å². The molecule has 0 saturated carbocycles. The van der Waals surface area contributed by atoms with E-state index in [0.717, 1.165) is 19.1 Å². The Labute approximate surface area is 106 Å². The fourth-order valence-electron chi connectivity index (χ4n) is 2.54. The molecule has 1 saturated heterocycles. The van der Waals surface area contributed by atoms with Gasteiger partial charge in [0.15, 0.2) is 0 Å². The number of nitrogens with one attached hydrogen (secondary N) is 1. The third-order valence-corrected chi connectivity index (χ3v) is 3.67. The van der Waals surface area contributed by atoms with Crippen LogP contribution in [0, 0.1) is 17.6 Å². The number of halogens is 2. The number of ether oxygens (including phenoxy) is 1. The minimum absolute atomic E-state index is 0.0578. The van der Waals surface area contributed by atoms with Crippen molar-refractivity contribution in [3.05, 3.63) is 35.4 Å². The van der Waals surface area contributed by atoms with Crippen molar-refractivity contribution in [1.29, 1.82) is 0 Å². The van der Waals surface area contributed by atoms with Crippen LogP contribution in [-0.2, 0) is 11.2 Å². The summed E-state index contributed by atoms with van der Waals surface area (Å²) in [6.07, 6.45) is 1.64. The van der Waals surface area contributed by atoms with E-state index >= 15 is 0 Å². The van der Waals surface area contributed by atoms with Crippen LogP contribution in [-0.4, -0.2) is 25.8 Å². The molecule has 0 bridgehead atoms. The average Bonchev–Trinajstić information content (AvgIpc) is 2.75. The van der Waals surface area contributed by atoms with E-state index in [4.69, 9.17) is 4.74 Å². The lowest BCUT2D eigenvalue weighted by atomic mass is 9.93. The van der Waals surface area contributed by atoms with Crippen LogP contribution in [0.2, 0.25) is 0 Å². The first-order chi connectivity index (χ1) is 8.61. The molecule has 1 fully saturated rings. The van der Waals surface area contributed by atoms with Crippen molar-refractivity contribution in [3.8, 4) is 0 Å². The quantitative estimate of drug-likeness (QED) is 0.892. The molecule has 2 nitrogen and oxygen atoms in total. The van der Waals surface area contributed by atoms with Gasteiger partial charge in [-0.3, -0.25) is 0 Å². The maximum atomic E-state index is 13.6. The van der Waals surface area contributed by atoms with Crippen LogP contribution in [0.5, 0.6) is 0 Å². The van der Waals surface area contributed by atoms with Crippen LogP contribution in [0.4, 0.5) is 8.78 Å². The Morgan fingerprint density at radius 2 is 2.22 bits per heavy atom. The fraction of sp³-hybridized carbons (Fsp3) is 0.571. The van der Waals surface area contributed by atoms with Crippen molar-refractivity contribution in [1.82, 2.24) is 5.32 Å². The first-order valence-corrected chi connectivity index (χ1v) is 6.34. The van der Waals surface area contributed by atoms with Gasteiger partial charge in [0.1, 0.15) is 11.6 Å². The third-order valence-electron chi connectivity index (χ3n) is 3.67. The summed E-state index contributed by atoms with van der Waals surface area (Å²) < 4.78 is 32.2. The summed E-state index contributed by atoms with van der Waals surface area (Å²) in [6.45, 7) is 2.90. The Kier molecular flexibility index (Phi) is 4.30. The maximum Gasteiger partial charge on any atom is 0.129 e. The predicted molar refractivity (Wildman–Crippen MR) is 66.4 cm³/mol. The zero-order chi connectivity index (χ0) is 13.1. The van der Waals surface area contributed by atoms with Gasteiger partial charge in [-0.1, -0.05) is 13.0 Å². The highest BCUT2D eigenvalue weighted by atomic mass is 19.1. The first kappa shape index (κ1) is 13.4. The van der Waals surface area contributed by atoms with E-state index in [-0.39, 0.29) is 12.1 Å². The van der Waals surface area contributed by atoms with Crippen molar-refractivity contribution in [2.75, 3.05) is 13.7 Å². The largest absolute Gasteiger partial charge is 0.376 e. The normalized spacial score (nSPS) is 25.3. The van der Waals surface area contributed by atoms with E-state index in [0.29, 0.717) is 17.9 Å². The number of likely N-dealkylation sites (N-methyl/N-ethyl adjacent to an activating group) is 1. The van der Waals surface area contributed by atoms with Gasteiger partial charge in [0, 0.05) is 18.7 Å². The number of hydrogen-bond donors (Lipinski definition) is 1. The smallest absolute Gasteiger partial charge is 0.129 e. The van der Waals surface area contributed by atoms with Crippen LogP contribution >= 0.6 is 0 Å². The molecule has 1 aromatic rings. The number of benzene rings is 1. The van der Waals surface area contributed by atoms with Crippen LogP contribution in [0.25, 0.3) is 0 Å². The lowest BCUT2D eigenvalue weighted by Crippen LogP contribution is -2.42. The van der Waals surface area contributed by atoms with Gasteiger partial charge in [0.25, 0.3) is 0 Å². The molecule has 0 radical (unpaired) electrons. The van der Waals surface area contributed by atoms with Crippen molar-refractivity contribution in [3.63, 3.8) is 0 Å². The Morgan fingerprint density at radius 3 is 2.78 bits per heavy atom. The molecule has 1 aromatic carbocycles. The topological polar surface area (TPSA) is 21.3 Å². The van der Waals surface area contributed by atoms with Crippen LogP contribution in [0.3, 0.4) is 0 Å². The summed E-state index contributed by atoms with van der Waals surface area (Å²) in [7, 11) is 1.85. The molecule has 3 unspecified atom stereocenters. The summed E-state index contributed by atoms with van der Waals surface area (Å²) >= 11 is 0. The lowest BCUT2D eigenvalue weighted by molar-refractivity contribution is 0.0631. The Balaban J connectivity index is 2.10. The second-order valence-corrected chi connectivity index (χ2v) is 4.94. The molecule has 0 aromatic heterocycles. The van der Waals surface area contributed by atoms with Gasteiger partial charge in [0.2, 0.25) is 0 Å². The van der Waals surface area contributed by atoms with Crippen molar-refractivity contribution in [2.24, 2.45) is 5.92 Å². The molecule has 100 valence electrons. The summed E-state index contributed by atoms with van der Waals surface area (Å²) in [5, 5.41) is 3.18. The molecule has 1 N–H and O–H groups in total. The summed E-state index contributed by atoms with van der Waals surface area (Å²) in [5.74, 6) is -0.561. The van der Waals surface area contributed by atoms with Crippen LogP contribution in [0.1, 0.15) is 18.9 Å². The monoisotopic (exact) mass is 255 g/mol. The van der Waals surface area contributed by atoms with E-state index in [1.54, 1.807) is 0 Å². The molecular formula is C14H19F2NO. The molecule has 18 heavy (non-hydrogen) atoms. The summed E-state index contributed by atoms with van der Waals surface area (Å²) in [4.78, 5) is 0. The maximum absolute atomic E-state index is 13.6. The third kappa shape index (κ3) is 2.87. The van der Waals surface area contributed by atoms with E-state index in [9.17, 15) is 8.78 Å². The minimum atomic E-state index is -0.539. The molecule has 0 aliphatic carbocycles.